The van der Waals surface area contributed by atoms with Crippen LogP contribution >= 0.6 is 0 Å². The first-order valence-corrected chi connectivity index (χ1v) is 6.71. The van der Waals surface area contributed by atoms with Crippen LogP contribution in [-0.2, 0) is 0 Å². The van der Waals surface area contributed by atoms with Gasteiger partial charge in [-0.1, -0.05) is 19.1 Å². The Bertz CT molecular complexity index is 406. The molecule has 19 heavy (non-hydrogen) atoms. The lowest BCUT2D eigenvalue weighted by atomic mass is 10.2. The lowest BCUT2D eigenvalue weighted by molar-refractivity contribution is 0.0692. The molecule has 1 atom stereocenters. The summed E-state index contributed by atoms with van der Waals surface area (Å²) in [4.78, 5) is 13.3. The summed E-state index contributed by atoms with van der Waals surface area (Å²) in [5.41, 5.74) is 0.220. The van der Waals surface area contributed by atoms with Crippen molar-refractivity contribution in [3.05, 3.63) is 29.8 Å². The maximum absolute atomic E-state index is 11.0. The summed E-state index contributed by atoms with van der Waals surface area (Å²) in [5, 5.41) is 9.03. The summed E-state index contributed by atoms with van der Waals surface area (Å²) in [5.74, 6) is -0.506. The first kappa shape index (κ1) is 15.5. The summed E-state index contributed by atoms with van der Waals surface area (Å²) in [6, 6.07) is 7.30. The van der Waals surface area contributed by atoms with E-state index >= 15 is 0 Å². The smallest absolute Gasteiger partial charge is 0.339 e. The van der Waals surface area contributed by atoms with Gasteiger partial charge in [0.15, 0.2) is 0 Å². The molecule has 0 aliphatic heterocycles. The number of benzene rings is 1. The number of hydrogen-bond acceptors (Lipinski definition) is 3. The van der Waals surface area contributed by atoms with Crippen LogP contribution in [0, 0.1) is 0 Å². The van der Waals surface area contributed by atoms with Gasteiger partial charge in [0.05, 0.1) is 6.61 Å². The van der Waals surface area contributed by atoms with Gasteiger partial charge in [-0.25, -0.2) is 4.79 Å². The highest BCUT2D eigenvalue weighted by Gasteiger charge is 2.10. The highest BCUT2D eigenvalue weighted by molar-refractivity contribution is 5.90. The molecule has 0 bridgehead atoms. The molecule has 1 rings (SSSR count). The molecule has 1 N–H and O–H groups in total. The molecule has 0 fully saturated rings. The molecule has 106 valence electrons. The molecule has 0 saturated carbocycles. The second kappa shape index (κ2) is 7.79. The Kier molecular flexibility index (Phi) is 6.36. The number of aromatic carboxylic acids is 1. The van der Waals surface area contributed by atoms with Gasteiger partial charge in [-0.05, 0) is 38.9 Å². The highest BCUT2D eigenvalue weighted by atomic mass is 16.5. The van der Waals surface area contributed by atoms with Crippen LogP contribution in [0.5, 0.6) is 5.75 Å². The van der Waals surface area contributed by atoms with Gasteiger partial charge in [-0.3, -0.25) is 0 Å². The van der Waals surface area contributed by atoms with E-state index in [0.717, 1.165) is 19.4 Å². The average Bonchev–Trinajstić information content (AvgIpc) is 2.42. The average molecular weight is 265 g/mol. The minimum atomic E-state index is -0.952. The fraction of sp³-hybridized carbons (Fsp3) is 0.533. The number of ether oxygens (including phenoxy) is 1. The van der Waals surface area contributed by atoms with Crippen molar-refractivity contribution in [2.24, 2.45) is 0 Å². The summed E-state index contributed by atoms with van der Waals surface area (Å²) < 4.78 is 5.55. The SMILES string of the molecule is CCC(C)N(C)CCCOc1ccccc1C(=O)O. The molecule has 0 saturated heterocycles. The van der Waals surface area contributed by atoms with Crippen LogP contribution < -0.4 is 4.74 Å². The maximum Gasteiger partial charge on any atom is 0.339 e. The monoisotopic (exact) mass is 265 g/mol. The van der Waals surface area contributed by atoms with E-state index < -0.39 is 5.97 Å². The lowest BCUT2D eigenvalue weighted by Crippen LogP contribution is -2.30. The van der Waals surface area contributed by atoms with Crippen LogP contribution in [0.1, 0.15) is 37.0 Å². The third-order valence-electron chi connectivity index (χ3n) is 3.37. The molecule has 0 radical (unpaired) electrons. The minimum absolute atomic E-state index is 0.220. The standard InChI is InChI=1S/C15H23NO3/c1-4-12(2)16(3)10-7-11-19-14-9-6-5-8-13(14)15(17)18/h5-6,8-9,12H,4,7,10-11H2,1-3H3,(H,17,18). The maximum atomic E-state index is 11.0. The molecule has 0 aliphatic rings. The topological polar surface area (TPSA) is 49.8 Å². The van der Waals surface area contributed by atoms with Gasteiger partial charge in [0.2, 0.25) is 0 Å². The fourth-order valence-electron chi connectivity index (χ4n) is 1.80. The first-order chi connectivity index (χ1) is 9.06. The van der Waals surface area contributed by atoms with E-state index in [-0.39, 0.29) is 5.56 Å². The number of carboxylic acid groups (broad SMARTS) is 1. The van der Waals surface area contributed by atoms with Crippen LogP contribution in [0.3, 0.4) is 0 Å². The minimum Gasteiger partial charge on any atom is -0.493 e. The van der Waals surface area contributed by atoms with Gasteiger partial charge in [0, 0.05) is 12.6 Å². The van der Waals surface area contributed by atoms with E-state index in [1.54, 1.807) is 24.3 Å². The van der Waals surface area contributed by atoms with Crippen molar-refractivity contribution < 1.29 is 14.6 Å². The van der Waals surface area contributed by atoms with Crippen LogP contribution in [0.2, 0.25) is 0 Å². The molecule has 4 heteroatoms. The zero-order chi connectivity index (χ0) is 14.3. The van der Waals surface area contributed by atoms with Crippen molar-refractivity contribution in [2.75, 3.05) is 20.2 Å². The molecule has 0 aromatic heterocycles. The molecule has 0 amide bonds. The van der Waals surface area contributed by atoms with Crippen LogP contribution in [-0.4, -0.2) is 42.2 Å². The van der Waals surface area contributed by atoms with E-state index in [2.05, 4.69) is 25.8 Å². The quantitative estimate of drug-likeness (QED) is 0.734. The van der Waals surface area contributed by atoms with Crippen molar-refractivity contribution in [2.45, 2.75) is 32.7 Å². The molecule has 0 aliphatic carbocycles. The molecular formula is C15H23NO3. The Balaban J connectivity index is 2.40. The molecule has 4 nitrogen and oxygen atoms in total. The lowest BCUT2D eigenvalue weighted by Gasteiger charge is -2.23. The van der Waals surface area contributed by atoms with Gasteiger partial charge in [0.1, 0.15) is 11.3 Å². The Labute approximate surface area is 115 Å². The van der Waals surface area contributed by atoms with Crippen molar-refractivity contribution in [3.63, 3.8) is 0 Å². The van der Waals surface area contributed by atoms with Crippen molar-refractivity contribution in [1.29, 1.82) is 0 Å². The predicted octanol–water partition coefficient (Wildman–Crippen LogP) is 2.88. The first-order valence-electron chi connectivity index (χ1n) is 6.71. The second-order valence-electron chi connectivity index (χ2n) is 4.74. The second-order valence-corrected chi connectivity index (χ2v) is 4.74. The van der Waals surface area contributed by atoms with Gasteiger partial charge < -0.3 is 14.7 Å². The van der Waals surface area contributed by atoms with Gasteiger partial charge >= 0.3 is 5.97 Å². The van der Waals surface area contributed by atoms with Crippen molar-refractivity contribution in [3.8, 4) is 5.75 Å². The molecule has 0 heterocycles. The van der Waals surface area contributed by atoms with E-state index in [0.29, 0.717) is 18.4 Å². The highest BCUT2D eigenvalue weighted by Crippen LogP contribution is 2.17. The number of rotatable bonds is 8. The zero-order valence-corrected chi connectivity index (χ0v) is 11.9. The number of carboxylic acids is 1. The molecule has 1 aromatic carbocycles. The molecule has 0 spiro atoms. The van der Waals surface area contributed by atoms with E-state index in [1.807, 2.05) is 0 Å². The Morgan fingerprint density at radius 1 is 1.42 bits per heavy atom. The van der Waals surface area contributed by atoms with Gasteiger partial charge in [0.25, 0.3) is 0 Å². The Morgan fingerprint density at radius 2 is 2.11 bits per heavy atom. The zero-order valence-electron chi connectivity index (χ0n) is 11.9. The van der Waals surface area contributed by atoms with Crippen molar-refractivity contribution in [1.82, 2.24) is 4.90 Å². The van der Waals surface area contributed by atoms with Crippen LogP contribution in [0.4, 0.5) is 0 Å². The molecular weight excluding hydrogens is 242 g/mol. The third kappa shape index (κ3) is 4.91. The normalized spacial score (nSPS) is 12.4. The Hall–Kier alpha value is -1.55. The summed E-state index contributed by atoms with van der Waals surface area (Å²) in [7, 11) is 2.10. The fourth-order valence-corrected chi connectivity index (χ4v) is 1.80. The summed E-state index contributed by atoms with van der Waals surface area (Å²) in [6.07, 6.45) is 2.01. The van der Waals surface area contributed by atoms with Crippen molar-refractivity contribution >= 4 is 5.97 Å². The van der Waals surface area contributed by atoms with E-state index in [4.69, 9.17) is 9.84 Å². The predicted molar refractivity (Wildman–Crippen MR) is 75.9 cm³/mol. The summed E-state index contributed by atoms with van der Waals surface area (Å²) in [6.45, 7) is 5.84. The molecule has 1 aromatic rings. The summed E-state index contributed by atoms with van der Waals surface area (Å²) >= 11 is 0. The number of hydrogen-bond donors (Lipinski definition) is 1. The third-order valence-corrected chi connectivity index (χ3v) is 3.37. The molecule has 1 unspecified atom stereocenters. The van der Waals surface area contributed by atoms with Crippen LogP contribution in [0.25, 0.3) is 0 Å². The van der Waals surface area contributed by atoms with Gasteiger partial charge in [-0.2, -0.15) is 0 Å². The largest absolute Gasteiger partial charge is 0.493 e. The van der Waals surface area contributed by atoms with E-state index in [9.17, 15) is 4.79 Å². The number of nitrogens with zero attached hydrogens (tertiary/aromatic N) is 1. The van der Waals surface area contributed by atoms with Gasteiger partial charge in [-0.15, -0.1) is 0 Å². The van der Waals surface area contributed by atoms with Crippen LogP contribution in [0.15, 0.2) is 24.3 Å². The number of carbonyl (C=O) groups is 1. The van der Waals surface area contributed by atoms with E-state index in [1.165, 1.54) is 0 Å². The Morgan fingerprint density at radius 3 is 2.74 bits per heavy atom. The number of para-hydroxylation sites is 1.